The van der Waals surface area contributed by atoms with E-state index in [0.29, 0.717) is 20.3 Å². The van der Waals surface area contributed by atoms with Crippen LogP contribution in [-0.2, 0) is 10.1 Å². The van der Waals surface area contributed by atoms with Crippen LogP contribution in [0.5, 0.6) is 5.75 Å². The third-order valence-electron chi connectivity index (χ3n) is 4.60. The molecule has 0 unspecified atom stereocenters. The molecular weight excluding hydrogens is 558 g/mol. The number of H-pyrrole nitrogens is 1. The van der Waals surface area contributed by atoms with Gasteiger partial charge in [-0.3, -0.25) is 0 Å². The molecule has 9 heteroatoms. The lowest BCUT2D eigenvalue weighted by Gasteiger charge is -2.13. The van der Waals surface area contributed by atoms with Crippen LogP contribution in [0.1, 0.15) is 17.0 Å². The average molecular weight is 573 g/mol. The van der Waals surface area contributed by atoms with Crippen LogP contribution in [0.15, 0.2) is 74.5 Å². The summed E-state index contributed by atoms with van der Waals surface area (Å²) in [6.07, 6.45) is 1.53. The van der Waals surface area contributed by atoms with Crippen molar-refractivity contribution in [3.05, 3.63) is 86.6 Å². The number of fused-ring (bicyclic) bond motifs is 1. The summed E-state index contributed by atoms with van der Waals surface area (Å²) in [7, 11) is -4.10. The minimum absolute atomic E-state index is 0.0330. The topological polar surface area (TPSA) is 95.8 Å². The van der Waals surface area contributed by atoms with Gasteiger partial charge in [0.2, 0.25) is 0 Å². The van der Waals surface area contributed by atoms with Gasteiger partial charge in [0.15, 0.2) is 5.75 Å². The predicted molar refractivity (Wildman–Crippen MR) is 130 cm³/mol. The monoisotopic (exact) mass is 571 g/mol. The number of imidazole rings is 1. The summed E-state index contributed by atoms with van der Waals surface area (Å²) in [5.74, 6) is 0.440. The lowest BCUT2D eigenvalue weighted by Crippen LogP contribution is -2.11. The molecular formula is C23H15Br2N3O3S. The van der Waals surface area contributed by atoms with Crippen molar-refractivity contribution in [2.45, 2.75) is 11.8 Å². The summed E-state index contributed by atoms with van der Waals surface area (Å²) in [6, 6.07) is 19.3. The maximum atomic E-state index is 12.9. The number of benzene rings is 3. The van der Waals surface area contributed by atoms with Gasteiger partial charge < -0.3 is 9.17 Å². The van der Waals surface area contributed by atoms with Gasteiger partial charge in [-0.05, 0) is 65.3 Å². The summed E-state index contributed by atoms with van der Waals surface area (Å²) in [6.45, 7) is 1.87. The summed E-state index contributed by atoms with van der Waals surface area (Å²) < 4.78 is 32.4. The van der Waals surface area contributed by atoms with Crippen LogP contribution in [0.25, 0.3) is 22.7 Å². The number of para-hydroxylation sites is 2. The Morgan fingerprint density at radius 3 is 2.53 bits per heavy atom. The standard InChI is InChI=1S/C23H15Br2N3O3S/c1-14-6-8-18(9-7-14)32(29,30)31-22-15(11-17(24)12-19(22)25)10-16(13-26)23-27-20-4-2-3-5-21(20)28-23/h2-12H,1H3,(H,27,28)/b16-10+. The molecule has 3 aromatic carbocycles. The molecule has 0 amide bonds. The highest BCUT2D eigenvalue weighted by Crippen LogP contribution is 2.37. The molecule has 0 spiro atoms. The largest absolute Gasteiger partial charge is 0.377 e. The highest BCUT2D eigenvalue weighted by molar-refractivity contribution is 9.11. The van der Waals surface area contributed by atoms with Crippen molar-refractivity contribution in [3.63, 3.8) is 0 Å². The molecule has 4 aromatic rings. The van der Waals surface area contributed by atoms with Gasteiger partial charge >= 0.3 is 10.1 Å². The zero-order valence-electron chi connectivity index (χ0n) is 16.6. The van der Waals surface area contributed by atoms with Crippen LogP contribution in [0.4, 0.5) is 0 Å². The number of nitrogens with one attached hydrogen (secondary N) is 1. The van der Waals surface area contributed by atoms with Crippen molar-refractivity contribution in [2.75, 3.05) is 0 Å². The first-order valence-electron chi connectivity index (χ1n) is 9.34. The number of hydrogen-bond acceptors (Lipinski definition) is 5. The van der Waals surface area contributed by atoms with Crippen molar-refractivity contribution < 1.29 is 12.6 Å². The van der Waals surface area contributed by atoms with Gasteiger partial charge in [-0.15, -0.1) is 0 Å². The second kappa shape index (κ2) is 8.90. The van der Waals surface area contributed by atoms with E-state index in [1.54, 1.807) is 24.3 Å². The fourth-order valence-electron chi connectivity index (χ4n) is 3.03. The van der Waals surface area contributed by atoms with Gasteiger partial charge in [0.25, 0.3) is 0 Å². The van der Waals surface area contributed by atoms with E-state index in [-0.39, 0.29) is 16.2 Å². The van der Waals surface area contributed by atoms with Crippen molar-refractivity contribution in [1.29, 1.82) is 5.26 Å². The first-order chi connectivity index (χ1) is 15.3. The molecule has 0 aliphatic carbocycles. The van der Waals surface area contributed by atoms with Crippen molar-refractivity contribution in [3.8, 4) is 11.8 Å². The zero-order chi connectivity index (χ0) is 22.9. The fraction of sp³-hybridized carbons (Fsp3) is 0.0435. The summed E-state index contributed by atoms with van der Waals surface area (Å²) >= 11 is 6.78. The molecule has 32 heavy (non-hydrogen) atoms. The number of rotatable bonds is 5. The number of aromatic nitrogens is 2. The third-order valence-corrected chi connectivity index (χ3v) is 6.89. The Balaban J connectivity index is 1.80. The number of nitriles is 1. The highest BCUT2D eigenvalue weighted by Gasteiger charge is 2.21. The van der Waals surface area contributed by atoms with Gasteiger partial charge in [0, 0.05) is 10.0 Å². The minimum Gasteiger partial charge on any atom is -0.377 e. The Kier molecular flexibility index (Phi) is 6.20. The molecule has 0 atom stereocenters. The van der Waals surface area contributed by atoms with E-state index in [4.69, 9.17) is 4.18 Å². The maximum Gasteiger partial charge on any atom is 0.339 e. The molecule has 6 nitrogen and oxygen atoms in total. The van der Waals surface area contributed by atoms with Crippen LogP contribution >= 0.6 is 31.9 Å². The average Bonchev–Trinajstić information content (AvgIpc) is 3.18. The molecule has 0 saturated carbocycles. The highest BCUT2D eigenvalue weighted by atomic mass is 79.9. The molecule has 0 aliphatic heterocycles. The van der Waals surface area contributed by atoms with Crippen LogP contribution in [0, 0.1) is 18.3 Å². The van der Waals surface area contributed by atoms with E-state index in [0.717, 1.165) is 16.6 Å². The molecule has 1 heterocycles. The quantitative estimate of drug-likeness (QED) is 0.226. The SMILES string of the molecule is Cc1ccc(S(=O)(=O)Oc2c(Br)cc(Br)cc2/C=C(\C#N)c2nc3ccccc3[nH]2)cc1. The Bertz CT molecular complexity index is 1470. The van der Waals surface area contributed by atoms with Crippen LogP contribution in [0.3, 0.4) is 0 Å². The number of aryl methyl sites for hydroxylation is 1. The van der Waals surface area contributed by atoms with Crippen LogP contribution in [-0.4, -0.2) is 18.4 Å². The van der Waals surface area contributed by atoms with E-state index in [9.17, 15) is 13.7 Å². The Morgan fingerprint density at radius 2 is 1.84 bits per heavy atom. The smallest absolute Gasteiger partial charge is 0.339 e. The summed E-state index contributed by atoms with van der Waals surface area (Å²) in [5, 5.41) is 9.77. The van der Waals surface area contributed by atoms with Crippen LogP contribution < -0.4 is 4.18 Å². The van der Waals surface area contributed by atoms with Crippen molar-refractivity contribution >= 4 is 64.7 Å². The summed E-state index contributed by atoms with van der Waals surface area (Å²) in [5.41, 5.74) is 3.06. The Morgan fingerprint density at radius 1 is 1.12 bits per heavy atom. The van der Waals surface area contributed by atoms with Crippen molar-refractivity contribution in [1.82, 2.24) is 9.97 Å². The molecule has 0 saturated heterocycles. The second-order valence-electron chi connectivity index (χ2n) is 6.93. The first-order valence-corrected chi connectivity index (χ1v) is 12.3. The predicted octanol–water partition coefficient (Wildman–Crippen LogP) is 6.23. The lowest BCUT2D eigenvalue weighted by atomic mass is 10.1. The summed E-state index contributed by atoms with van der Waals surface area (Å²) in [4.78, 5) is 7.60. The molecule has 0 fully saturated rings. The van der Waals surface area contributed by atoms with Crippen LogP contribution in [0.2, 0.25) is 0 Å². The molecule has 0 aliphatic rings. The Labute approximate surface area is 202 Å². The maximum absolute atomic E-state index is 12.9. The molecule has 0 radical (unpaired) electrons. The first kappa shape index (κ1) is 22.3. The number of nitrogens with zero attached hydrogens (tertiary/aromatic N) is 2. The number of halogens is 2. The molecule has 160 valence electrons. The van der Waals surface area contributed by atoms with E-state index in [1.165, 1.54) is 18.2 Å². The zero-order valence-corrected chi connectivity index (χ0v) is 20.6. The normalized spacial score (nSPS) is 12.0. The van der Waals surface area contributed by atoms with E-state index in [1.807, 2.05) is 31.2 Å². The van der Waals surface area contributed by atoms with Gasteiger partial charge in [-0.25, -0.2) is 4.98 Å². The van der Waals surface area contributed by atoms with Gasteiger partial charge in [-0.1, -0.05) is 45.8 Å². The number of allylic oxidation sites excluding steroid dienone is 1. The third kappa shape index (κ3) is 4.63. The second-order valence-corrected chi connectivity index (χ2v) is 10.2. The fourth-order valence-corrected chi connectivity index (χ4v) is 5.45. The van der Waals surface area contributed by atoms with Gasteiger partial charge in [0.1, 0.15) is 16.8 Å². The van der Waals surface area contributed by atoms with Crippen molar-refractivity contribution in [2.24, 2.45) is 0 Å². The number of aromatic amines is 1. The molecule has 1 N–H and O–H groups in total. The van der Waals surface area contributed by atoms with E-state index in [2.05, 4.69) is 47.9 Å². The molecule has 1 aromatic heterocycles. The van der Waals surface area contributed by atoms with Gasteiger partial charge in [-0.2, -0.15) is 13.7 Å². The lowest BCUT2D eigenvalue weighted by molar-refractivity contribution is 0.484. The minimum atomic E-state index is -4.10. The molecule has 4 rings (SSSR count). The van der Waals surface area contributed by atoms with E-state index < -0.39 is 10.1 Å². The Hall–Kier alpha value is -2.93. The number of hydrogen-bond donors (Lipinski definition) is 1. The van der Waals surface area contributed by atoms with E-state index >= 15 is 0 Å². The van der Waals surface area contributed by atoms with Gasteiger partial charge in [0.05, 0.1) is 21.1 Å². The molecule has 0 bridgehead atoms.